The molecule has 0 N–H and O–H groups in total. The topological polar surface area (TPSA) is 18.5 Å². The monoisotopic (exact) mass is 498 g/mol. The van der Waals surface area contributed by atoms with Crippen molar-refractivity contribution in [2.75, 3.05) is 6.61 Å². The minimum atomic E-state index is -0.455. The smallest absolute Gasteiger partial charge is 0.119 e. The predicted octanol–water partition coefficient (Wildman–Crippen LogP) is 9.02. The summed E-state index contributed by atoms with van der Waals surface area (Å²) in [6, 6.07) is 39.6. The Morgan fingerprint density at radius 1 is 0.632 bits per heavy atom. The largest absolute Gasteiger partial charge is 0.494 e. The second-order valence-electron chi connectivity index (χ2n) is 10.6. The van der Waals surface area contributed by atoms with E-state index >= 15 is 0 Å². The Kier molecular flexibility index (Phi) is 6.19. The molecule has 0 spiro atoms. The van der Waals surface area contributed by atoms with Gasteiger partial charge in [-0.2, -0.15) is 0 Å². The molecule has 1 aliphatic rings. The van der Waals surface area contributed by atoms with Crippen LogP contribution >= 0.6 is 0 Å². The summed E-state index contributed by atoms with van der Waals surface area (Å²) < 4.78 is 12.1. The van der Waals surface area contributed by atoms with E-state index < -0.39 is 5.41 Å². The van der Waals surface area contributed by atoms with Crippen LogP contribution in [0.5, 0.6) is 11.5 Å². The van der Waals surface area contributed by atoms with Crippen LogP contribution in [0, 0.1) is 5.92 Å². The third-order valence-corrected chi connectivity index (χ3v) is 8.08. The molecule has 190 valence electrons. The average molecular weight is 499 g/mol. The van der Waals surface area contributed by atoms with Crippen LogP contribution in [0.25, 0.3) is 21.9 Å². The summed E-state index contributed by atoms with van der Waals surface area (Å²) in [7, 11) is 0. The standard InChI is InChI=1S/C36H34O2/c1-5-37-29-19-15-27(16-20-29)36(28-17-21-30(22-18-28)38-25(4)24(2)3)33-13-9-8-12-32(33)35-31-11-7-6-10-26(31)14-23-34(35)36/h6-25H,5H2,1-4H3. The first-order valence-electron chi connectivity index (χ1n) is 13.7. The van der Waals surface area contributed by atoms with Gasteiger partial charge in [0, 0.05) is 0 Å². The lowest BCUT2D eigenvalue weighted by Crippen LogP contribution is -2.28. The van der Waals surface area contributed by atoms with Crippen LogP contribution in [0.2, 0.25) is 0 Å². The van der Waals surface area contributed by atoms with E-state index in [1.807, 2.05) is 6.92 Å². The molecule has 0 aliphatic heterocycles. The van der Waals surface area contributed by atoms with Crippen LogP contribution in [0.1, 0.15) is 49.9 Å². The summed E-state index contributed by atoms with van der Waals surface area (Å²) in [6.07, 6.45) is 0.153. The van der Waals surface area contributed by atoms with Gasteiger partial charge in [0.15, 0.2) is 0 Å². The maximum atomic E-state index is 6.25. The first kappa shape index (κ1) is 24.3. The molecule has 0 aromatic heterocycles. The molecule has 0 saturated carbocycles. The predicted molar refractivity (Wildman–Crippen MR) is 157 cm³/mol. The molecule has 5 aromatic carbocycles. The van der Waals surface area contributed by atoms with Gasteiger partial charge in [-0.1, -0.05) is 98.8 Å². The summed E-state index contributed by atoms with van der Waals surface area (Å²) >= 11 is 0. The highest BCUT2D eigenvalue weighted by Crippen LogP contribution is 2.57. The number of fused-ring (bicyclic) bond motifs is 5. The molecule has 0 radical (unpaired) electrons. The van der Waals surface area contributed by atoms with Crippen molar-refractivity contribution in [2.45, 2.75) is 39.2 Å². The van der Waals surface area contributed by atoms with Gasteiger partial charge in [0.1, 0.15) is 11.5 Å². The molecule has 1 aliphatic carbocycles. The van der Waals surface area contributed by atoms with Crippen LogP contribution in [-0.2, 0) is 5.41 Å². The molecule has 0 saturated heterocycles. The summed E-state index contributed by atoms with van der Waals surface area (Å²) in [5.74, 6) is 2.25. The Morgan fingerprint density at radius 3 is 1.95 bits per heavy atom. The van der Waals surface area contributed by atoms with Gasteiger partial charge >= 0.3 is 0 Å². The van der Waals surface area contributed by atoms with Crippen LogP contribution < -0.4 is 9.47 Å². The molecule has 0 bridgehead atoms. The molecule has 0 fully saturated rings. The fraction of sp³-hybridized carbons (Fsp3) is 0.222. The molecule has 2 unspecified atom stereocenters. The third kappa shape index (κ3) is 3.79. The molecule has 38 heavy (non-hydrogen) atoms. The van der Waals surface area contributed by atoms with Crippen molar-refractivity contribution >= 4 is 10.8 Å². The van der Waals surface area contributed by atoms with Gasteiger partial charge in [0.2, 0.25) is 0 Å². The summed E-state index contributed by atoms with van der Waals surface area (Å²) in [4.78, 5) is 0. The molecule has 2 atom stereocenters. The Morgan fingerprint density at radius 2 is 1.26 bits per heavy atom. The van der Waals surface area contributed by atoms with Crippen LogP contribution in [0.4, 0.5) is 0 Å². The lowest BCUT2D eigenvalue weighted by molar-refractivity contribution is 0.170. The van der Waals surface area contributed by atoms with Gasteiger partial charge in [-0.05, 0) is 88.2 Å². The van der Waals surface area contributed by atoms with E-state index in [0.717, 1.165) is 11.5 Å². The Labute approximate surface area is 225 Å². The SMILES string of the molecule is CCOc1ccc(C2(c3ccc(OC(C)C(C)C)cc3)c3ccccc3-c3c2ccc2ccccc32)cc1. The van der Waals surface area contributed by atoms with Crippen LogP contribution in [0.15, 0.2) is 109 Å². The molecular weight excluding hydrogens is 464 g/mol. The molecule has 2 heteroatoms. The quantitative estimate of drug-likeness (QED) is 0.219. The third-order valence-electron chi connectivity index (χ3n) is 8.08. The van der Waals surface area contributed by atoms with Crippen molar-refractivity contribution in [3.63, 3.8) is 0 Å². The number of ether oxygens (including phenoxy) is 2. The second-order valence-corrected chi connectivity index (χ2v) is 10.6. The minimum Gasteiger partial charge on any atom is -0.494 e. The van der Waals surface area contributed by atoms with Crippen molar-refractivity contribution in [3.8, 4) is 22.6 Å². The number of hydrogen-bond acceptors (Lipinski definition) is 2. The van der Waals surface area contributed by atoms with Gasteiger partial charge in [-0.25, -0.2) is 0 Å². The van der Waals surface area contributed by atoms with E-state index in [-0.39, 0.29) is 6.10 Å². The molecule has 0 amide bonds. The van der Waals surface area contributed by atoms with Gasteiger partial charge in [-0.15, -0.1) is 0 Å². The summed E-state index contributed by atoms with van der Waals surface area (Å²) in [6.45, 7) is 9.19. The van der Waals surface area contributed by atoms with E-state index in [0.29, 0.717) is 12.5 Å². The lowest BCUT2D eigenvalue weighted by atomic mass is 9.67. The Bertz CT molecular complexity index is 1580. The van der Waals surface area contributed by atoms with E-state index in [2.05, 4.69) is 130 Å². The molecule has 6 rings (SSSR count). The Hall–Kier alpha value is -4.04. The highest BCUT2D eigenvalue weighted by Gasteiger charge is 2.46. The van der Waals surface area contributed by atoms with Gasteiger partial charge in [0.05, 0.1) is 18.1 Å². The first-order valence-corrected chi connectivity index (χ1v) is 13.7. The number of benzene rings is 5. The molecule has 2 nitrogen and oxygen atoms in total. The highest BCUT2D eigenvalue weighted by atomic mass is 16.5. The maximum Gasteiger partial charge on any atom is 0.119 e. The van der Waals surface area contributed by atoms with E-state index in [4.69, 9.17) is 9.47 Å². The summed E-state index contributed by atoms with van der Waals surface area (Å²) in [5.41, 5.74) is 7.23. The zero-order chi connectivity index (χ0) is 26.3. The average Bonchev–Trinajstić information content (AvgIpc) is 3.25. The van der Waals surface area contributed by atoms with E-state index in [9.17, 15) is 0 Å². The first-order chi connectivity index (χ1) is 18.5. The van der Waals surface area contributed by atoms with Crippen molar-refractivity contribution in [1.29, 1.82) is 0 Å². The van der Waals surface area contributed by atoms with Crippen molar-refractivity contribution in [3.05, 3.63) is 131 Å². The number of rotatable bonds is 7. The molecule has 0 heterocycles. The van der Waals surface area contributed by atoms with Crippen LogP contribution in [0.3, 0.4) is 0 Å². The van der Waals surface area contributed by atoms with Crippen molar-refractivity contribution in [1.82, 2.24) is 0 Å². The molecule has 5 aromatic rings. The lowest BCUT2D eigenvalue weighted by Gasteiger charge is -2.34. The Balaban J connectivity index is 1.63. The number of hydrogen-bond donors (Lipinski definition) is 0. The maximum absolute atomic E-state index is 6.25. The van der Waals surface area contributed by atoms with E-state index in [1.165, 1.54) is 44.2 Å². The fourth-order valence-electron chi connectivity index (χ4n) is 5.94. The van der Waals surface area contributed by atoms with Gasteiger partial charge in [0.25, 0.3) is 0 Å². The second kappa shape index (κ2) is 9.68. The summed E-state index contributed by atoms with van der Waals surface area (Å²) in [5, 5.41) is 2.55. The van der Waals surface area contributed by atoms with Crippen molar-refractivity contribution in [2.24, 2.45) is 5.92 Å². The minimum absolute atomic E-state index is 0.153. The van der Waals surface area contributed by atoms with Crippen LogP contribution in [-0.4, -0.2) is 12.7 Å². The fourth-order valence-corrected chi connectivity index (χ4v) is 5.94. The zero-order valence-corrected chi connectivity index (χ0v) is 22.6. The molecular formula is C36H34O2. The van der Waals surface area contributed by atoms with Gasteiger partial charge < -0.3 is 9.47 Å². The van der Waals surface area contributed by atoms with Gasteiger partial charge in [-0.3, -0.25) is 0 Å². The normalized spacial score (nSPS) is 16.8. The van der Waals surface area contributed by atoms with E-state index in [1.54, 1.807) is 0 Å². The van der Waals surface area contributed by atoms with Crippen molar-refractivity contribution < 1.29 is 9.47 Å². The highest BCUT2D eigenvalue weighted by molar-refractivity contribution is 6.04. The zero-order valence-electron chi connectivity index (χ0n) is 22.6.